The second kappa shape index (κ2) is 7.21. The van der Waals surface area contributed by atoms with Crippen LogP contribution in [0.25, 0.3) is 22.2 Å². The van der Waals surface area contributed by atoms with Crippen LogP contribution in [0.2, 0.25) is 0 Å². The lowest BCUT2D eigenvalue weighted by Crippen LogP contribution is -2.41. The highest BCUT2D eigenvalue weighted by atomic mass is 35.5. The van der Waals surface area contributed by atoms with Gasteiger partial charge in [-0.2, -0.15) is 0 Å². The molecule has 1 atom stereocenters. The van der Waals surface area contributed by atoms with Gasteiger partial charge in [-0.3, -0.25) is 4.79 Å². The SMILES string of the molecule is CC(C)(CCl)C(=O)N1CCCC1c1nc2cc(-c3cccc(F)c3)ccc2o1. The molecule has 146 valence electrons. The molecule has 2 aromatic carbocycles. The Hall–Kier alpha value is -2.40. The Morgan fingerprint density at radius 2 is 2.07 bits per heavy atom. The summed E-state index contributed by atoms with van der Waals surface area (Å²) in [6.07, 6.45) is 1.72. The zero-order chi connectivity index (χ0) is 19.9. The highest BCUT2D eigenvalue weighted by Gasteiger charge is 2.39. The van der Waals surface area contributed by atoms with Gasteiger partial charge in [0, 0.05) is 12.4 Å². The number of benzene rings is 2. The van der Waals surface area contributed by atoms with Crippen LogP contribution in [0.15, 0.2) is 46.9 Å². The summed E-state index contributed by atoms with van der Waals surface area (Å²) in [5, 5.41) is 0. The molecule has 4 nitrogen and oxygen atoms in total. The number of amides is 1. The second-order valence-corrected chi connectivity index (χ2v) is 8.19. The van der Waals surface area contributed by atoms with Crippen LogP contribution in [0.4, 0.5) is 4.39 Å². The van der Waals surface area contributed by atoms with Crippen molar-refractivity contribution in [3.63, 3.8) is 0 Å². The first-order chi connectivity index (χ1) is 13.4. The fourth-order valence-corrected chi connectivity index (χ4v) is 3.76. The molecule has 0 saturated carbocycles. The maximum atomic E-state index is 13.5. The number of aromatic nitrogens is 1. The van der Waals surface area contributed by atoms with Gasteiger partial charge in [-0.15, -0.1) is 11.6 Å². The van der Waals surface area contributed by atoms with E-state index in [0.29, 0.717) is 23.5 Å². The number of nitrogens with zero attached hydrogens (tertiary/aromatic N) is 2. The van der Waals surface area contributed by atoms with Crippen LogP contribution >= 0.6 is 11.6 Å². The lowest BCUT2D eigenvalue weighted by atomic mass is 9.94. The van der Waals surface area contributed by atoms with Crippen LogP contribution in [0, 0.1) is 11.2 Å². The minimum absolute atomic E-state index is 0.0210. The Kier molecular flexibility index (Phi) is 4.88. The first kappa shape index (κ1) is 18.9. The molecular formula is C22H22ClFN2O2. The Bertz CT molecular complexity index is 1030. The minimum atomic E-state index is -0.624. The van der Waals surface area contributed by atoms with Crippen molar-refractivity contribution >= 4 is 28.6 Å². The van der Waals surface area contributed by atoms with E-state index in [4.69, 9.17) is 16.0 Å². The second-order valence-electron chi connectivity index (χ2n) is 7.92. The van der Waals surface area contributed by atoms with Gasteiger partial charge in [0.1, 0.15) is 17.4 Å². The number of hydrogen-bond acceptors (Lipinski definition) is 3. The summed E-state index contributed by atoms with van der Waals surface area (Å²) in [6.45, 7) is 4.39. The summed E-state index contributed by atoms with van der Waals surface area (Å²) in [7, 11) is 0. The van der Waals surface area contributed by atoms with E-state index in [1.165, 1.54) is 12.1 Å². The van der Waals surface area contributed by atoms with E-state index in [1.54, 1.807) is 6.07 Å². The number of alkyl halides is 1. The molecule has 0 aliphatic carbocycles. The summed E-state index contributed by atoms with van der Waals surface area (Å²) in [5.41, 5.74) is 2.39. The van der Waals surface area contributed by atoms with Crippen molar-refractivity contribution in [1.29, 1.82) is 0 Å². The smallest absolute Gasteiger partial charge is 0.230 e. The molecular weight excluding hydrogens is 379 g/mol. The predicted molar refractivity (Wildman–Crippen MR) is 108 cm³/mol. The maximum absolute atomic E-state index is 13.5. The highest BCUT2D eigenvalue weighted by molar-refractivity contribution is 6.19. The molecule has 3 aromatic rings. The Labute approximate surface area is 168 Å². The van der Waals surface area contributed by atoms with Crippen LogP contribution in [0.1, 0.15) is 38.6 Å². The Balaban J connectivity index is 1.67. The normalized spacial score (nSPS) is 17.4. The average molecular weight is 401 g/mol. The van der Waals surface area contributed by atoms with Crippen LogP contribution < -0.4 is 0 Å². The zero-order valence-electron chi connectivity index (χ0n) is 15.9. The summed E-state index contributed by atoms with van der Waals surface area (Å²) >= 11 is 6.00. The molecule has 6 heteroatoms. The first-order valence-electron chi connectivity index (χ1n) is 9.42. The van der Waals surface area contributed by atoms with Crippen molar-refractivity contribution in [3.05, 3.63) is 54.2 Å². The third-order valence-corrected chi connectivity index (χ3v) is 5.94. The summed E-state index contributed by atoms with van der Waals surface area (Å²) in [4.78, 5) is 19.4. The third kappa shape index (κ3) is 3.39. The Morgan fingerprint density at radius 1 is 1.29 bits per heavy atom. The van der Waals surface area contributed by atoms with Gasteiger partial charge in [-0.05, 0) is 62.1 Å². The molecule has 1 aromatic heterocycles. The van der Waals surface area contributed by atoms with Gasteiger partial charge in [0.2, 0.25) is 11.8 Å². The average Bonchev–Trinajstić information content (AvgIpc) is 3.33. The van der Waals surface area contributed by atoms with E-state index in [-0.39, 0.29) is 23.6 Å². The van der Waals surface area contributed by atoms with E-state index in [0.717, 1.165) is 24.0 Å². The van der Waals surface area contributed by atoms with E-state index < -0.39 is 5.41 Å². The van der Waals surface area contributed by atoms with E-state index in [9.17, 15) is 9.18 Å². The van der Waals surface area contributed by atoms with Gasteiger partial charge in [0.25, 0.3) is 0 Å². The predicted octanol–water partition coefficient (Wildman–Crippen LogP) is 5.56. The molecule has 1 unspecified atom stereocenters. The molecule has 1 saturated heterocycles. The zero-order valence-corrected chi connectivity index (χ0v) is 16.7. The van der Waals surface area contributed by atoms with Crippen molar-refractivity contribution in [2.24, 2.45) is 5.41 Å². The van der Waals surface area contributed by atoms with Crippen molar-refractivity contribution in [2.75, 3.05) is 12.4 Å². The van der Waals surface area contributed by atoms with Gasteiger partial charge in [-0.25, -0.2) is 9.37 Å². The summed E-state index contributed by atoms with van der Waals surface area (Å²) < 4.78 is 19.5. The molecule has 2 heterocycles. The van der Waals surface area contributed by atoms with Gasteiger partial charge >= 0.3 is 0 Å². The first-order valence-corrected chi connectivity index (χ1v) is 9.96. The van der Waals surface area contributed by atoms with Crippen LogP contribution in [0.5, 0.6) is 0 Å². The minimum Gasteiger partial charge on any atom is -0.438 e. The monoisotopic (exact) mass is 400 g/mol. The molecule has 4 rings (SSSR count). The van der Waals surface area contributed by atoms with Gasteiger partial charge < -0.3 is 9.32 Å². The number of oxazole rings is 1. The van der Waals surface area contributed by atoms with Gasteiger partial charge in [0.15, 0.2) is 5.58 Å². The highest BCUT2D eigenvalue weighted by Crippen LogP contribution is 2.37. The standard InChI is InChI=1S/C22H22ClFN2O2/c1-22(2,13-23)21(27)26-10-4-7-18(26)20-25-17-12-15(8-9-19(17)28-20)14-5-3-6-16(24)11-14/h3,5-6,8-9,11-12,18H,4,7,10,13H2,1-2H3. The fourth-order valence-electron chi connectivity index (χ4n) is 3.65. The molecule has 0 radical (unpaired) electrons. The topological polar surface area (TPSA) is 46.3 Å². The number of halogens is 2. The molecule has 0 spiro atoms. The summed E-state index contributed by atoms with van der Waals surface area (Å²) in [5.74, 6) is 0.551. The summed E-state index contributed by atoms with van der Waals surface area (Å²) in [6, 6.07) is 11.9. The van der Waals surface area contributed by atoms with Crippen LogP contribution in [-0.2, 0) is 4.79 Å². The number of hydrogen-bond donors (Lipinski definition) is 0. The molecule has 1 fully saturated rings. The van der Waals surface area contributed by atoms with E-state index >= 15 is 0 Å². The van der Waals surface area contributed by atoms with Crippen molar-refractivity contribution in [2.45, 2.75) is 32.7 Å². The van der Waals surface area contributed by atoms with Crippen molar-refractivity contribution in [1.82, 2.24) is 9.88 Å². The van der Waals surface area contributed by atoms with Gasteiger partial charge in [-0.1, -0.05) is 18.2 Å². The van der Waals surface area contributed by atoms with E-state index in [2.05, 4.69) is 4.98 Å². The fraction of sp³-hybridized carbons (Fsp3) is 0.364. The molecule has 28 heavy (non-hydrogen) atoms. The van der Waals surface area contributed by atoms with E-state index in [1.807, 2.05) is 43.0 Å². The molecule has 1 amide bonds. The molecule has 0 bridgehead atoms. The number of fused-ring (bicyclic) bond motifs is 1. The lowest BCUT2D eigenvalue weighted by molar-refractivity contribution is -0.140. The van der Waals surface area contributed by atoms with Gasteiger partial charge in [0.05, 0.1) is 5.41 Å². The van der Waals surface area contributed by atoms with Crippen LogP contribution in [0.3, 0.4) is 0 Å². The molecule has 0 N–H and O–H groups in total. The number of carbonyl (C=O) groups is 1. The third-order valence-electron chi connectivity index (χ3n) is 5.27. The molecule has 1 aliphatic heterocycles. The van der Waals surface area contributed by atoms with Crippen molar-refractivity contribution in [3.8, 4) is 11.1 Å². The Morgan fingerprint density at radius 3 is 2.82 bits per heavy atom. The number of carbonyl (C=O) groups excluding carboxylic acids is 1. The number of rotatable bonds is 4. The van der Waals surface area contributed by atoms with Crippen molar-refractivity contribution < 1.29 is 13.6 Å². The maximum Gasteiger partial charge on any atom is 0.230 e. The van der Waals surface area contributed by atoms with Crippen LogP contribution in [-0.4, -0.2) is 28.2 Å². The number of likely N-dealkylation sites (tertiary alicyclic amines) is 1. The lowest BCUT2D eigenvalue weighted by Gasteiger charge is -2.30. The largest absolute Gasteiger partial charge is 0.438 e. The quantitative estimate of drug-likeness (QED) is 0.538. The molecule has 1 aliphatic rings.